The zero-order valence-corrected chi connectivity index (χ0v) is 9.11. The summed E-state index contributed by atoms with van der Waals surface area (Å²) in [6.45, 7) is 6.93. The first-order valence-electron chi connectivity index (χ1n) is 4.38. The zero-order chi connectivity index (χ0) is 10.3. The minimum absolute atomic E-state index is 0.0184. The first kappa shape index (κ1) is 12.5. The van der Waals surface area contributed by atoms with Crippen LogP contribution in [0.2, 0.25) is 0 Å². The lowest BCUT2D eigenvalue weighted by atomic mass is 10.2. The Balaban J connectivity index is 3.73. The van der Waals surface area contributed by atoms with Crippen molar-refractivity contribution in [1.29, 1.82) is 0 Å². The van der Waals surface area contributed by atoms with Gasteiger partial charge in [-0.2, -0.15) is 0 Å². The zero-order valence-electron chi connectivity index (χ0n) is 8.36. The molecule has 0 spiro atoms. The molecule has 0 aliphatic rings. The fraction of sp³-hybridized carbons (Fsp3) is 0.667. The minimum atomic E-state index is -0.175. The Morgan fingerprint density at radius 3 is 2.69 bits per heavy atom. The molecule has 0 saturated carbocycles. The summed E-state index contributed by atoms with van der Waals surface area (Å²) in [5.74, 6) is 0.0184. The van der Waals surface area contributed by atoms with E-state index in [1.807, 2.05) is 20.8 Å². The smallest absolute Gasteiger partial charge is 0.236 e. The number of hydrogen-bond acceptors (Lipinski definition) is 2. The number of halogens is 1. The van der Waals surface area contributed by atoms with Gasteiger partial charge in [-0.1, -0.05) is 11.6 Å². The van der Waals surface area contributed by atoms with Gasteiger partial charge in [-0.05, 0) is 26.3 Å². The molecule has 0 radical (unpaired) electrons. The van der Waals surface area contributed by atoms with Crippen LogP contribution in [0.25, 0.3) is 0 Å². The molecule has 13 heavy (non-hydrogen) atoms. The highest BCUT2D eigenvalue weighted by molar-refractivity contribution is 6.25. The average molecular weight is 205 g/mol. The molecule has 2 N–H and O–H groups in total. The van der Waals surface area contributed by atoms with Gasteiger partial charge in [0.25, 0.3) is 0 Å². The summed E-state index contributed by atoms with van der Waals surface area (Å²) in [5, 5.41) is 5.79. The monoisotopic (exact) mass is 204 g/mol. The van der Waals surface area contributed by atoms with Crippen LogP contribution in [0.1, 0.15) is 20.8 Å². The van der Waals surface area contributed by atoms with Gasteiger partial charge in [-0.25, -0.2) is 0 Å². The summed E-state index contributed by atoms with van der Waals surface area (Å²) in [6, 6.07) is -0.175. The van der Waals surface area contributed by atoms with E-state index in [0.29, 0.717) is 13.1 Å². The molecular weight excluding hydrogens is 188 g/mol. The second-order valence-electron chi connectivity index (χ2n) is 2.95. The lowest BCUT2D eigenvalue weighted by Gasteiger charge is -2.12. The largest absolute Gasteiger partial charge is 0.355 e. The number of rotatable bonds is 5. The molecule has 0 saturated heterocycles. The van der Waals surface area contributed by atoms with E-state index in [0.717, 1.165) is 5.57 Å². The summed E-state index contributed by atoms with van der Waals surface area (Å²) >= 11 is 5.47. The first-order valence-corrected chi connectivity index (χ1v) is 4.82. The van der Waals surface area contributed by atoms with E-state index in [1.54, 1.807) is 0 Å². The Morgan fingerprint density at radius 1 is 1.62 bits per heavy atom. The molecular formula is C9H17ClN2O. The molecule has 76 valence electrons. The van der Waals surface area contributed by atoms with Crippen LogP contribution in [0, 0.1) is 0 Å². The summed E-state index contributed by atoms with van der Waals surface area (Å²) in [6.07, 6.45) is 0. The Labute approximate surface area is 84.5 Å². The third kappa shape index (κ3) is 5.66. The maximum absolute atomic E-state index is 11.2. The van der Waals surface area contributed by atoms with Crippen molar-refractivity contribution in [2.24, 2.45) is 0 Å². The van der Waals surface area contributed by atoms with E-state index in [2.05, 4.69) is 10.6 Å². The molecule has 0 aromatic heterocycles. The number of amides is 1. The van der Waals surface area contributed by atoms with Gasteiger partial charge in [0, 0.05) is 18.6 Å². The van der Waals surface area contributed by atoms with Crippen molar-refractivity contribution < 1.29 is 4.79 Å². The second-order valence-corrected chi connectivity index (χ2v) is 3.17. The number of likely N-dealkylation sites (N-methyl/N-ethyl adjacent to an activating group) is 1. The normalized spacial score (nSPS) is 14.0. The number of hydrogen-bond donors (Lipinski definition) is 2. The van der Waals surface area contributed by atoms with Crippen LogP contribution < -0.4 is 10.6 Å². The van der Waals surface area contributed by atoms with E-state index in [9.17, 15) is 4.79 Å². The summed E-state index contributed by atoms with van der Waals surface area (Å²) in [7, 11) is 0. The van der Waals surface area contributed by atoms with Crippen LogP contribution in [0.3, 0.4) is 0 Å². The van der Waals surface area contributed by atoms with Gasteiger partial charge in [0.05, 0.1) is 6.04 Å². The first-order chi connectivity index (χ1) is 6.11. The Morgan fingerprint density at radius 2 is 2.23 bits per heavy atom. The number of carbonyl (C=O) groups is 1. The molecule has 3 nitrogen and oxygen atoms in total. The third-order valence-corrected chi connectivity index (χ3v) is 1.99. The minimum Gasteiger partial charge on any atom is -0.355 e. The van der Waals surface area contributed by atoms with Crippen LogP contribution in [0.15, 0.2) is 11.1 Å². The van der Waals surface area contributed by atoms with Crippen molar-refractivity contribution in [3.63, 3.8) is 0 Å². The third-order valence-electron chi connectivity index (χ3n) is 1.62. The van der Waals surface area contributed by atoms with Crippen LogP contribution in [0.5, 0.6) is 0 Å². The predicted molar refractivity (Wildman–Crippen MR) is 55.8 cm³/mol. The van der Waals surface area contributed by atoms with E-state index in [4.69, 9.17) is 11.6 Å². The highest BCUT2D eigenvalue weighted by Gasteiger charge is 2.09. The molecule has 1 amide bonds. The predicted octanol–water partition coefficient (Wildman–Crippen LogP) is 1.24. The standard InChI is InChI=1S/C9H17ClN2O/c1-4-11-9(13)8(3)12-6-7(2)5-10/h5,8,12H,4,6H2,1-3H3,(H,11,13). The van der Waals surface area contributed by atoms with Crippen LogP contribution in [-0.4, -0.2) is 25.0 Å². The van der Waals surface area contributed by atoms with Gasteiger partial charge >= 0.3 is 0 Å². The topological polar surface area (TPSA) is 41.1 Å². The molecule has 1 unspecified atom stereocenters. The van der Waals surface area contributed by atoms with E-state index >= 15 is 0 Å². The van der Waals surface area contributed by atoms with E-state index in [-0.39, 0.29) is 11.9 Å². The number of nitrogens with one attached hydrogen (secondary N) is 2. The Bertz CT molecular complexity index is 192. The molecule has 0 bridgehead atoms. The van der Waals surface area contributed by atoms with Crippen LogP contribution in [0.4, 0.5) is 0 Å². The molecule has 0 aliphatic carbocycles. The second kappa shape index (κ2) is 6.92. The van der Waals surface area contributed by atoms with Crippen molar-refractivity contribution in [3.8, 4) is 0 Å². The molecule has 0 heterocycles. The fourth-order valence-electron chi connectivity index (χ4n) is 0.773. The highest BCUT2D eigenvalue weighted by Crippen LogP contribution is 1.93. The van der Waals surface area contributed by atoms with Crippen LogP contribution >= 0.6 is 11.6 Å². The lowest BCUT2D eigenvalue weighted by molar-refractivity contribution is -0.122. The van der Waals surface area contributed by atoms with E-state index < -0.39 is 0 Å². The summed E-state index contributed by atoms with van der Waals surface area (Å²) in [4.78, 5) is 11.2. The van der Waals surface area contributed by atoms with Crippen molar-refractivity contribution in [3.05, 3.63) is 11.1 Å². The Hall–Kier alpha value is -0.540. The van der Waals surface area contributed by atoms with Gasteiger partial charge in [0.1, 0.15) is 0 Å². The van der Waals surface area contributed by atoms with Gasteiger partial charge in [0.2, 0.25) is 5.91 Å². The maximum atomic E-state index is 11.2. The molecule has 4 heteroatoms. The highest BCUT2D eigenvalue weighted by atomic mass is 35.5. The van der Waals surface area contributed by atoms with Crippen molar-refractivity contribution in [1.82, 2.24) is 10.6 Å². The average Bonchev–Trinajstić information content (AvgIpc) is 2.13. The molecule has 0 rings (SSSR count). The van der Waals surface area contributed by atoms with Gasteiger partial charge in [0.15, 0.2) is 0 Å². The summed E-state index contributed by atoms with van der Waals surface area (Å²) < 4.78 is 0. The van der Waals surface area contributed by atoms with Crippen molar-refractivity contribution >= 4 is 17.5 Å². The van der Waals surface area contributed by atoms with Crippen molar-refractivity contribution in [2.75, 3.05) is 13.1 Å². The molecule has 0 aromatic rings. The van der Waals surface area contributed by atoms with Gasteiger partial charge < -0.3 is 10.6 Å². The number of carbonyl (C=O) groups excluding carboxylic acids is 1. The lowest BCUT2D eigenvalue weighted by Crippen LogP contribution is -2.42. The maximum Gasteiger partial charge on any atom is 0.236 e. The van der Waals surface area contributed by atoms with E-state index in [1.165, 1.54) is 5.54 Å². The summed E-state index contributed by atoms with van der Waals surface area (Å²) in [5.41, 5.74) is 2.52. The Kier molecular flexibility index (Phi) is 6.63. The molecule has 1 atom stereocenters. The van der Waals surface area contributed by atoms with Gasteiger partial charge in [-0.15, -0.1) is 0 Å². The molecule has 0 aliphatic heterocycles. The molecule has 0 fully saturated rings. The quantitative estimate of drug-likeness (QED) is 0.708. The van der Waals surface area contributed by atoms with Crippen molar-refractivity contribution in [2.45, 2.75) is 26.8 Å². The molecule has 0 aromatic carbocycles. The fourth-order valence-corrected chi connectivity index (χ4v) is 0.850. The SMILES string of the molecule is CCNC(=O)C(C)NCC(C)=CCl. The van der Waals surface area contributed by atoms with Gasteiger partial charge in [-0.3, -0.25) is 4.79 Å². The van der Waals surface area contributed by atoms with Crippen LogP contribution in [-0.2, 0) is 4.79 Å².